The summed E-state index contributed by atoms with van der Waals surface area (Å²) in [7, 11) is 1.52. The number of nitrogens with two attached hydrogens (primary N) is 1. The molecule has 1 aromatic carbocycles. The molecule has 0 aliphatic heterocycles. The second kappa shape index (κ2) is 6.61. The number of phenols is 1. The number of phenolic OH excluding ortho intramolecular Hbond substituents is 1. The molecule has 0 spiro atoms. The molecule has 2 atom stereocenters. The lowest BCUT2D eigenvalue weighted by molar-refractivity contribution is 0.0941. The SMILES string of the molecule is COc1ccc(C(=O)NCC2CCCC2CN)c(O)c1. The lowest BCUT2D eigenvalue weighted by Gasteiger charge is -2.18. The molecular formula is C15H22N2O3. The van der Waals surface area contributed by atoms with Crippen molar-refractivity contribution in [3.8, 4) is 11.5 Å². The van der Waals surface area contributed by atoms with Crippen molar-refractivity contribution in [1.82, 2.24) is 5.32 Å². The number of carbonyl (C=O) groups excluding carboxylic acids is 1. The molecule has 1 aromatic rings. The molecule has 0 saturated heterocycles. The number of methoxy groups -OCH3 is 1. The molecule has 0 bridgehead atoms. The minimum Gasteiger partial charge on any atom is -0.507 e. The Labute approximate surface area is 119 Å². The van der Waals surface area contributed by atoms with E-state index in [1.807, 2.05) is 0 Å². The highest BCUT2D eigenvalue weighted by atomic mass is 16.5. The van der Waals surface area contributed by atoms with Gasteiger partial charge < -0.3 is 20.9 Å². The summed E-state index contributed by atoms with van der Waals surface area (Å²) < 4.78 is 4.99. The number of hydrogen-bond donors (Lipinski definition) is 3. The van der Waals surface area contributed by atoms with Crippen LogP contribution < -0.4 is 15.8 Å². The Morgan fingerprint density at radius 2 is 2.20 bits per heavy atom. The standard InChI is InChI=1S/C15H22N2O3/c1-20-12-5-6-13(14(18)7-12)15(19)17-9-11-4-2-3-10(11)8-16/h5-7,10-11,18H,2-4,8-9,16H2,1H3,(H,17,19). The Hall–Kier alpha value is -1.75. The predicted molar refractivity (Wildman–Crippen MR) is 76.9 cm³/mol. The topological polar surface area (TPSA) is 84.6 Å². The molecule has 110 valence electrons. The van der Waals surface area contributed by atoms with E-state index < -0.39 is 0 Å². The molecule has 4 N–H and O–H groups in total. The number of ether oxygens (including phenoxy) is 1. The third-order valence-electron chi connectivity index (χ3n) is 4.09. The summed E-state index contributed by atoms with van der Waals surface area (Å²) in [6.45, 7) is 1.29. The fraction of sp³-hybridized carbons (Fsp3) is 0.533. The van der Waals surface area contributed by atoms with Crippen molar-refractivity contribution < 1.29 is 14.6 Å². The Kier molecular flexibility index (Phi) is 4.84. The number of aromatic hydroxyl groups is 1. The highest BCUT2D eigenvalue weighted by molar-refractivity contribution is 5.97. The van der Waals surface area contributed by atoms with Gasteiger partial charge in [-0.3, -0.25) is 4.79 Å². The summed E-state index contributed by atoms with van der Waals surface area (Å²) in [6, 6.07) is 4.67. The minimum absolute atomic E-state index is 0.0661. The summed E-state index contributed by atoms with van der Waals surface area (Å²) in [5.74, 6) is 1.15. The van der Waals surface area contributed by atoms with Gasteiger partial charge in [0, 0.05) is 12.6 Å². The molecule has 5 heteroatoms. The fourth-order valence-electron chi connectivity index (χ4n) is 2.84. The Bertz CT molecular complexity index is 476. The summed E-state index contributed by atoms with van der Waals surface area (Å²) in [4.78, 5) is 12.1. The van der Waals surface area contributed by atoms with E-state index in [9.17, 15) is 9.90 Å². The maximum absolute atomic E-state index is 12.1. The van der Waals surface area contributed by atoms with Crippen molar-refractivity contribution >= 4 is 5.91 Å². The van der Waals surface area contributed by atoms with Gasteiger partial charge in [-0.25, -0.2) is 0 Å². The molecule has 2 rings (SSSR count). The first-order valence-corrected chi connectivity index (χ1v) is 7.01. The second-order valence-electron chi connectivity index (χ2n) is 5.28. The largest absolute Gasteiger partial charge is 0.507 e. The molecular weight excluding hydrogens is 256 g/mol. The molecule has 1 fully saturated rings. The smallest absolute Gasteiger partial charge is 0.255 e. The molecule has 1 saturated carbocycles. The number of nitrogens with one attached hydrogen (secondary N) is 1. The van der Waals surface area contributed by atoms with Crippen LogP contribution in [-0.2, 0) is 0 Å². The average molecular weight is 278 g/mol. The zero-order valence-corrected chi connectivity index (χ0v) is 11.8. The summed E-state index contributed by atoms with van der Waals surface area (Å²) in [5.41, 5.74) is 6.00. The van der Waals surface area contributed by atoms with Gasteiger partial charge in [0.05, 0.1) is 12.7 Å². The third-order valence-corrected chi connectivity index (χ3v) is 4.09. The van der Waals surface area contributed by atoms with Crippen LogP contribution in [0.1, 0.15) is 29.6 Å². The van der Waals surface area contributed by atoms with Gasteiger partial charge >= 0.3 is 0 Å². The van der Waals surface area contributed by atoms with E-state index in [1.165, 1.54) is 19.6 Å². The maximum atomic E-state index is 12.1. The van der Waals surface area contributed by atoms with Crippen molar-refractivity contribution in [3.63, 3.8) is 0 Å². The van der Waals surface area contributed by atoms with Crippen molar-refractivity contribution in [2.75, 3.05) is 20.2 Å². The van der Waals surface area contributed by atoms with Crippen LogP contribution in [0.15, 0.2) is 18.2 Å². The molecule has 1 amide bonds. The van der Waals surface area contributed by atoms with Crippen LogP contribution in [-0.4, -0.2) is 31.2 Å². The van der Waals surface area contributed by atoms with Crippen LogP contribution in [0.5, 0.6) is 11.5 Å². The summed E-state index contributed by atoms with van der Waals surface area (Å²) in [6.07, 6.45) is 3.43. The van der Waals surface area contributed by atoms with Gasteiger partial charge in [-0.15, -0.1) is 0 Å². The third kappa shape index (κ3) is 3.22. The molecule has 0 heterocycles. The van der Waals surface area contributed by atoms with Gasteiger partial charge in [0.1, 0.15) is 11.5 Å². The van der Waals surface area contributed by atoms with Crippen LogP contribution >= 0.6 is 0 Å². The van der Waals surface area contributed by atoms with Crippen LogP contribution in [0, 0.1) is 11.8 Å². The zero-order chi connectivity index (χ0) is 14.5. The highest BCUT2D eigenvalue weighted by Crippen LogP contribution is 2.30. The van der Waals surface area contributed by atoms with E-state index in [2.05, 4.69) is 5.32 Å². The van der Waals surface area contributed by atoms with Crippen LogP contribution in [0.25, 0.3) is 0 Å². The van der Waals surface area contributed by atoms with Gasteiger partial charge in [0.15, 0.2) is 0 Å². The predicted octanol–water partition coefficient (Wildman–Crippen LogP) is 1.51. The lowest BCUT2D eigenvalue weighted by atomic mass is 9.96. The lowest BCUT2D eigenvalue weighted by Crippen LogP contribution is -2.32. The van der Waals surface area contributed by atoms with E-state index in [1.54, 1.807) is 12.1 Å². The van der Waals surface area contributed by atoms with Gasteiger partial charge in [-0.05, 0) is 43.4 Å². The first-order chi connectivity index (χ1) is 9.65. The number of amides is 1. The first-order valence-electron chi connectivity index (χ1n) is 7.01. The number of benzene rings is 1. The zero-order valence-electron chi connectivity index (χ0n) is 11.8. The number of carbonyl (C=O) groups is 1. The van der Waals surface area contributed by atoms with E-state index in [0.29, 0.717) is 30.7 Å². The molecule has 1 aliphatic carbocycles. The monoisotopic (exact) mass is 278 g/mol. The van der Waals surface area contributed by atoms with Crippen molar-refractivity contribution in [1.29, 1.82) is 0 Å². The number of rotatable bonds is 5. The summed E-state index contributed by atoms with van der Waals surface area (Å²) >= 11 is 0. The van der Waals surface area contributed by atoms with E-state index >= 15 is 0 Å². The van der Waals surface area contributed by atoms with Crippen molar-refractivity contribution in [2.45, 2.75) is 19.3 Å². The van der Waals surface area contributed by atoms with E-state index in [4.69, 9.17) is 10.5 Å². The van der Waals surface area contributed by atoms with E-state index in [-0.39, 0.29) is 17.2 Å². The Morgan fingerprint density at radius 3 is 2.85 bits per heavy atom. The van der Waals surface area contributed by atoms with Crippen LogP contribution in [0.4, 0.5) is 0 Å². The van der Waals surface area contributed by atoms with Gasteiger partial charge in [-0.1, -0.05) is 6.42 Å². The average Bonchev–Trinajstić information content (AvgIpc) is 2.92. The van der Waals surface area contributed by atoms with Crippen molar-refractivity contribution in [2.24, 2.45) is 17.6 Å². The van der Waals surface area contributed by atoms with Gasteiger partial charge in [-0.2, -0.15) is 0 Å². The molecule has 0 aromatic heterocycles. The van der Waals surface area contributed by atoms with Gasteiger partial charge in [0.2, 0.25) is 0 Å². The van der Waals surface area contributed by atoms with Crippen LogP contribution in [0.2, 0.25) is 0 Å². The van der Waals surface area contributed by atoms with Gasteiger partial charge in [0.25, 0.3) is 5.91 Å². The quantitative estimate of drug-likeness (QED) is 0.762. The Morgan fingerprint density at radius 1 is 1.45 bits per heavy atom. The highest BCUT2D eigenvalue weighted by Gasteiger charge is 2.26. The maximum Gasteiger partial charge on any atom is 0.255 e. The number of hydrogen-bond acceptors (Lipinski definition) is 4. The molecule has 5 nitrogen and oxygen atoms in total. The second-order valence-corrected chi connectivity index (χ2v) is 5.28. The van der Waals surface area contributed by atoms with Crippen LogP contribution in [0.3, 0.4) is 0 Å². The summed E-state index contributed by atoms with van der Waals surface area (Å²) in [5, 5.41) is 12.7. The van der Waals surface area contributed by atoms with E-state index in [0.717, 1.165) is 12.8 Å². The first kappa shape index (κ1) is 14.7. The molecule has 2 unspecified atom stereocenters. The normalized spacial score (nSPS) is 21.7. The molecule has 20 heavy (non-hydrogen) atoms. The Balaban J connectivity index is 1.95. The minimum atomic E-state index is -0.257. The fourth-order valence-corrected chi connectivity index (χ4v) is 2.84. The molecule has 1 aliphatic rings. The van der Waals surface area contributed by atoms with Crippen molar-refractivity contribution in [3.05, 3.63) is 23.8 Å². The molecule has 0 radical (unpaired) electrons.